The van der Waals surface area contributed by atoms with Crippen molar-refractivity contribution >= 4 is 46.4 Å². The van der Waals surface area contributed by atoms with Crippen molar-refractivity contribution < 1.29 is 19.1 Å². The number of likely N-dealkylation sites (N-methyl/N-ethyl adjacent to an activating group) is 1. The van der Waals surface area contributed by atoms with E-state index >= 15 is 0 Å². The maximum Gasteiger partial charge on any atom is 0.306 e. The second-order valence-electron chi connectivity index (χ2n) is 9.53. The molecule has 34 heavy (non-hydrogen) atoms. The number of rotatable bonds is 7. The Morgan fingerprint density at radius 1 is 1.12 bits per heavy atom. The molecule has 0 saturated heterocycles. The number of carbonyl (C=O) groups excluding carboxylic acids is 3. The van der Waals surface area contributed by atoms with Crippen molar-refractivity contribution in [2.24, 2.45) is 0 Å². The fraction of sp³-hybridized carbons (Fsp3) is 0.480. The van der Waals surface area contributed by atoms with Gasteiger partial charge in [-0.05, 0) is 82.5 Å². The van der Waals surface area contributed by atoms with Crippen LogP contribution >= 0.6 is 22.9 Å². The number of thiophene rings is 1. The van der Waals surface area contributed by atoms with Gasteiger partial charge in [0.15, 0.2) is 0 Å². The zero-order chi connectivity index (χ0) is 24.9. The number of fused-ring (bicyclic) bond motifs is 1. The average Bonchev–Trinajstić information content (AvgIpc) is 3.10. The second-order valence-corrected chi connectivity index (χ2v) is 11.2. The average molecular weight is 506 g/mol. The Morgan fingerprint density at radius 2 is 1.82 bits per heavy atom. The van der Waals surface area contributed by atoms with Gasteiger partial charge in [0.1, 0.15) is 11.6 Å². The number of nitrogens with one attached hydrogen (secondary N) is 2. The lowest BCUT2D eigenvalue weighted by Crippen LogP contribution is -2.44. The van der Waals surface area contributed by atoms with Gasteiger partial charge < -0.3 is 20.3 Å². The van der Waals surface area contributed by atoms with Crippen LogP contribution in [-0.2, 0) is 27.2 Å². The molecule has 0 radical (unpaired) electrons. The number of anilines is 1. The molecule has 9 heteroatoms. The van der Waals surface area contributed by atoms with E-state index in [1.54, 1.807) is 32.9 Å². The summed E-state index contributed by atoms with van der Waals surface area (Å²) in [7, 11) is 2.10. The van der Waals surface area contributed by atoms with E-state index in [-0.39, 0.29) is 18.7 Å². The molecule has 184 valence electrons. The minimum absolute atomic E-state index is 0.00262. The van der Waals surface area contributed by atoms with Gasteiger partial charge in [0.05, 0.1) is 9.21 Å². The monoisotopic (exact) mass is 505 g/mol. The summed E-state index contributed by atoms with van der Waals surface area (Å²) in [6.45, 7) is 7.32. The van der Waals surface area contributed by atoms with Gasteiger partial charge in [-0.25, -0.2) is 0 Å². The lowest BCUT2D eigenvalue weighted by molar-refractivity contribution is -0.155. The molecule has 1 atom stereocenters. The lowest BCUT2D eigenvalue weighted by Gasteiger charge is -2.21. The molecule has 1 aliphatic heterocycles. The molecule has 0 fully saturated rings. The van der Waals surface area contributed by atoms with Crippen molar-refractivity contribution in [2.75, 3.05) is 25.5 Å². The first-order valence-electron chi connectivity index (χ1n) is 11.4. The van der Waals surface area contributed by atoms with E-state index in [9.17, 15) is 14.4 Å². The molecule has 0 aliphatic carbocycles. The third-order valence-corrected chi connectivity index (χ3v) is 6.71. The van der Waals surface area contributed by atoms with Crippen LogP contribution < -0.4 is 10.6 Å². The molecule has 0 spiro atoms. The molecule has 2 amide bonds. The highest BCUT2D eigenvalue weighted by Gasteiger charge is 2.25. The van der Waals surface area contributed by atoms with Crippen molar-refractivity contribution in [1.29, 1.82) is 0 Å². The molecule has 0 bridgehead atoms. The Morgan fingerprint density at radius 3 is 2.47 bits per heavy atom. The van der Waals surface area contributed by atoms with Crippen LogP contribution in [0.15, 0.2) is 30.3 Å². The molecule has 1 aromatic carbocycles. The number of hydrogen-bond acceptors (Lipinski definition) is 6. The van der Waals surface area contributed by atoms with E-state index in [1.807, 2.05) is 18.2 Å². The Labute approximate surface area is 209 Å². The fourth-order valence-electron chi connectivity index (χ4n) is 3.73. The number of carbonyl (C=O) groups is 3. The van der Waals surface area contributed by atoms with Crippen LogP contribution in [0.25, 0.3) is 0 Å². The lowest BCUT2D eigenvalue weighted by atomic mass is 10.0. The van der Waals surface area contributed by atoms with Crippen LogP contribution in [0.2, 0.25) is 4.34 Å². The number of amides is 2. The molecule has 1 unspecified atom stereocenters. The SMILES string of the molecule is CN1CCc2ccc(NC(=O)C(CCC(=O)OC(C)(C)C)NC(=O)c3ccc(Cl)s3)cc2CC1. The van der Waals surface area contributed by atoms with Crippen LogP contribution in [0, 0.1) is 0 Å². The van der Waals surface area contributed by atoms with E-state index in [0.29, 0.717) is 14.9 Å². The van der Waals surface area contributed by atoms with Crippen molar-refractivity contribution in [3.63, 3.8) is 0 Å². The number of esters is 1. The summed E-state index contributed by atoms with van der Waals surface area (Å²) in [6, 6.07) is 8.25. The molecule has 1 aromatic heterocycles. The molecular formula is C25H32ClN3O4S. The van der Waals surface area contributed by atoms with Gasteiger partial charge >= 0.3 is 5.97 Å². The van der Waals surface area contributed by atoms with Gasteiger partial charge in [0.25, 0.3) is 5.91 Å². The smallest absolute Gasteiger partial charge is 0.306 e. The summed E-state index contributed by atoms with van der Waals surface area (Å²) < 4.78 is 5.84. The third kappa shape index (κ3) is 7.82. The van der Waals surface area contributed by atoms with E-state index in [1.165, 1.54) is 11.1 Å². The topological polar surface area (TPSA) is 87.7 Å². The standard InChI is InChI=1S/C25H32ClN3O4S/c1-25(2,3)33-22(30)10-7-19(28-24(32)20-8-9-21(26)34-20)23(31)27-18-6-5-16-11-13-29(4)14-12-17(16)15-18/h5-6,8-9,15,19H,7,10-14H2,1-4H3,(H,27,31)(H,28,32). The van der Waals surface area contributed by atoms with Crippen LogP contribution in [0.4, 0.5) is 5.69 Å². The summed E-state index contributed by atoms with van der Waals surface area (Å²) in [5.41, 5.74) is 2.54. The summed E-state index contributed by atoms with van der Waals surface area (Å²) >= 11 is 7.08. The minimum Gasteiger partial charge on any atom is -0.460 e. The molecule has 3 rings (SSSR count). The highest BCUT2D eigenvalue weighted by molar-refractivity contribution is 7.18. The number of ether oxygens (including phenoxy) is 1. The Bertz CT molecular complexity index is 1050. The van der Waals surface area contributed by atoms with E-state index < -0.39 is 23.5 Å². The Hall–Kier alpha value is -2.42. The second kappa shape index (κ2) is 11.3. The molecule has 7 nitrogen and oxygen atoms in total. The first-order valence-corrected chi connectivity index (χ1v) is 12.6. The van der Waals surface area contributed by atoms with Crippen molar-refractivity contribution in [3.05, 3.63) is 50.7 Å². The molecule has 2 aromatic rings. The predicted octanol–water partition coefficient (Wildman–Crippen LogP) is 4.29. The number of halogens is 1. The molecular weight excluding hydrogens is 474 g/mol. The number of nitrogens with zero attached hydrogens (tertiary/aromatic N) is 1. The Kier molecular flexibility index (Phi) is 8.73. The number of hydrogen-bond donors (Lipinski definition) is 2. The molecule has 0 saturated carbocycles. The zero-order valence-corrected chi connectivity index (χ0v) is 21.6. The van der Waals surface area contributed by atoms with Crippen LogP contribution in [-0.4, -0.2) is 54.5 Å². The van der Waals surface area contributed by atoms with E-state index in [2.05, 4.69) is 22.6 Å². The Balaban J connectivity index is 1.71. The van der Waals surface area contributed by atoms with Gasteiger partial charge in [-0.1, -0.05) is 17.7 Å². The largest absolute Gasteiger partial charge is 0.460 e. The highest BCUT2D eigenvalue weighted by atomic mass is 35.5. The van der Waals surface area contributed by atoms with Crippen molar-refractivity contribution in [3.8, 4) is 0 Å². The summed E-state index contributed by atoms with van der Waals surface area (Å²) in [4.78, 5) is 40.8. The van der Waals surface area contributed by atoms with Gasteiger partial charge in [-0.2, -0.15) is 0 Å². The normalized spacial score (nSPS) is 15.1. The first-order chi connectivity index (χ1) is 16.0. The maximum absolute atomic E-state index is 13.2. The highest BCUT2D eigenvalue weighted by Crippen LogP contribution is 2.23. The summed E-state index contributed by atoms with van der Waals surface area (Å²) in [5.74, 6) is -1.22. The fourth-order valence-corrected chi connectivity index (χ4v) is 4.68. The minimum atomic E-state index is -0.911. The molecule has 1 aliphatic rings. The molecule has 2 heterocycles. The van der Waals surface area contributed by atoms with E-state index in [0.717, 1.165) is 37.3 Å². The van der Waals surface area contributed by atoms with Gasteiger partial charge in [0.2, 0.25) is 5.91 Å². The van der Waals surface area contributed by atoms with Gasteiger partial charge in [0, 0.05) is 25.2 Å². The third-order valence-electron chi connectivity index (χ3n) is 5.48. The number of benzene rings is 1. The first kappa shape index (κ1) is 26.2. The van der Waals surface area contributed by atoms with Crippen molar-refractivity contribution in [1.82, 2.24) is 10.2 Å². The molecule has 2 N–H and O–H groups in total. The quantitative estimate of drug-likeness (QED) is 0.548. The van der Waals surface area contributed by atoms with E-state index in [4.69, 9.17) is 16.3 Å². The predicted molar refractivity (Wildman–Crippen MR) is 136 cm³/mol. The zero-order valence-electron chi connectivity index (χ0n) is 20.1. The maximum atomic E-state index is 13.2. The van der Waals surface area contributed by atoms with Crippen LogP contribution in [0.3, 0.4) is 0 Å². The van der Waals surface area contributed by atoms with Gasteiger partial charge in [-0.3, -0.25) is 14.4 Å². The van der Waals surface area contributed by atoms with Gasteiger partial charge in [-0.15, -0.1) is 11.3 Å². The van der Waals surface area contributed by atoms with Crippen LogP contribution in [0.5, 0.6) is 0 Å². The van der Waals surface area contributed by atoms with Crippen molar-refractivity contribution in [2.45, 2.75) is 58.1 Å². The summed E-state index contributed by atoms with van der Waals surface area (Å²) in [5, 5.41) is 5.67. The summed E-state index contributed by atoms with van der Waals surface area (Å²) in [6.07, 6.45) is 1.99. The van der Waals surface area contributed by atoms with Crippen LogP contribution in [0.1, 0.15) is 54.4 Å².